The Kier molecular flexibility index (Phi) is 8.73. The number of halogens is 1. The van der Waals surface area contributed by atoms with Crippen LogP contribution in [-0.4, -0.2) is 40.6 Å². The molecule has 0 aliphatic carbocycles. The molecule has 172 valence electrons. The van der Waals surface area contributed by atoms with E-state index in [1.807, 2.05) is 36.4 Å². The summed E-state index contributed by atoms with van der Waals surface area (Å²) in [5.74, 6) is 0.149. The summed E-state index contributed by atoms with van der Waals surface area (Å²) in [4.78, 5) is 31.7. The molecular weight excluding hydrogens is 490 g/mol. The van der Waals surface area contributed by atoms with Crippen molar-refractivity contribution < 1.29 is 19.5 Å². The van der Waals surface area contributed by atoms with E-state index < -0.39 is 5.91 Å². The van der Waals surface area contributed by atoms with Crippen LogP contribution in [0.4, 0.5) is 11.6 Å². The van der Waals surface area contributed by atoms with Crippen molar-refractivity contribution in [3.63, 3.8) is 0 Å². The summed E-state index contributed by atoms with van der Waals surface area (Å²) in [5, 5.41) is 14.5. The molecule has 10 heteroatoms. The molecule has 0 saturated heterocycles. The van der Waals surface area contributed by atoms with Crippen LogP contribution in [0.25, 0.3) is 0 Å². The van der Waals surface area contributed by atoms with Crippen LogP contribution in [-0.2, 0) is 11.2 Å². The van der Waals surface area contributed by atoms with E-state index in [2.05, 4.69) is 42.6 Å². The summed E-state index contributed by atoms with van der Waals surface area (Å²) >= 11 is 3.49. The highest BCUT2D eigenvalue weighted by Gasteiger charge is 2.13. The molecule has 0 aliphatic rings. The normalized spacial score (nSPS) is 10.4. The van der Waals surface area contributed by atoms with Gasteiger partial charge in [-0.1, -0.05) is 40.2 Å². The second-order valence-corrected chi connectivity index (χ2v) is 8.04. The van der Waals surface area contributed by atoms with Crippen molar-refractivity contribution in [1.29, 1.82) is 0 Å². The number of nitrogens with zero attached hydrogens (tertiary/aromatic N) is 2. The molecule has 9 nitrogen and oxygen atoms in total. The van der Waals surface area contributed by atoms with E-state index in [4.69, 9.17) is 9.94 Å². The average Bonchev–Trinajstić information content (AvgIpc) is 2.82. The second-order valence-electron chi connectivity index (χ2n) is 7.12. The molecule has 0 bridgehead atoms. The van der Waals surface area contributed by atoms with Gasteiger partial charge in [0.2, 0.25) is 11.9 Å². The first kappa shape index (κ1) is 24.1. The maximum absolute atomic E-state index is 12.5. The van der Waals surface area contributed by atoms with Gasteiger partial charge >= 0.3 is 0 Å². The van der Waals surface area contributed by atoms with Gasteiger partial charge in [-0.25, -0.2) is 15.4 Å². The molecule has 2 amide bonds. The van der Waals surface area contributed by atoms with Crippen LogP contribution in [0.3, 0.4) is 0 Å². The second kappa shape index (κ2) is 11.9. The zero-order valence-corrected chi connectivity index (χ0v) is 19.6. The quantitative estimate of drug-likeness (QED) is 0.184. The number of aromatic nitrogens is 2. The van der Waals surface area contributed by atoms with Crippen LogP contribution in [0, 0.1) is 0 Å². The topological polar surface area (TPSA) is 125 Å². The number of methoxy groups -OCH3 is 1. The number of carbonyl (C=O) groups excluding carboxylic acids is 2. The van der Waals surface area contributed by atoms with Crippen molar-refractivity contribution >= 4 is 39.4 Å². The summed E-state index contributed by atoms with van der Waals surface area (Å²) in [6.45, 7) is 0.471. The Morgan fingerprint density at radius 1 is 1.12 bits per heavy atom. The van der Waals surface area contributed by atoms with Gasteiger partial charge in [0.25, 0.3) is 5.91 Å². The van der Waals surface area contributed by atoms with E-state index in [1.165, 1.54) is 17.9 Å². The molecule has 0 spiro atoms. The third kappa shape index (κ3) is 6.99. The van der Waals surface area contributed by atoms with Crippen LogP contribution < -0.4 is 20.9 Å². The molecule has 2 aromatic carbocycles. The highest BCUT2D eigenvalue weighted by Crippen LogP contribution is 2.31. The summed E-state index contributed by atoms with van der Waals surface area (Å²) in [6.07, 6.45) is 4.10. The summed E-state index contributed by atoms with van der Waals surface area (Å²) in [7, 11) is 1.59. The number of para-hydroxylation sites is 1. The zero-order valence-electron chi connectivity index (χ0n) is 18.0. The van der Waals surface area contributed by atoms with Crippen molar-refractivity contribution in [2.75, 3.05) is 24.3 Å². The van der Waals surface area contributed by atoms with Gasteiger partial charge in [0.1, 0.15) is 5.75 Å². The van der Waals surface area contributed by atoms with Gasteiger partial charge in [0.05, 0.1) is 18.4 Å². The lowest BCUT2D eigenvalue weighted by molar-refractivity contribution is -0.116. The summed E-state index contributed by atoms with van der Waals surface area (Å²) in [6, 6.07) is 13.7. The third-order valence-electron chi connectivity index (χ3n) is 4.74. The Hall–Kier alpha value is -3.50. The number of amides is 2. The number of carbonyl (C=O) groups is 2. The first-order valence-corrected chi connectivity index (χ1v) is 11.0. The summed E-state index contributed by atoms with van der Waals surface area (Å²) in [5.41, 5.74) is 4.39. The fourth-order valence-corrected chi connectivity index (χ4v) is 3.64. The smallest absolute Gasteiger partial charge is 0.277 e. The van der Waals surface area contributed by atoms with E-state index >= 15 is 0 Å². The van der Waals surface area contributed by atoms with Gasteiger partial charge in [0, 0.05) is 41.8 Å². The van der Waals surface area contributed by atoms with Gasteiger partial charge in [-0.15, -0.1) is 0 Å². The lowest BCUT2D eigenvalue weighted by Crippen LogP contribution is -2.19. The van der Waals surface area contributed by atoms with E-state index in [0.717, 1.165) is 15.6 Å². The molecule has 3 aromatic rings. The van der Waals surface area contributed by atoms with Crippen molar-refractivity contribution in [2.45, 2.75) is 19.3 Å². The monoisotopic (exact) mass is 513 g/mol. The van der Waals surface area contributed by atoms with Gasteiger partial charge in [0.15, 0.2) is 0 Å². The minimum atomic E-state index is -0.686. The molecule has 0 fully saturated rings. The van der Waals surface area contributed by atoms with Crippen molar-refractivity contribution in [2.24, 2.45) is 0 Å². The zero-order chi connectivity index (χ0) is 23.6. The first-order valence-electron chi connectivity index (χ1n) is 10.2. The molecule has 0 atom stereocenters. The van der Waals surface area contributed by atoms with Crippen molar-refractivity contribution in [3.8, 4) is 5.75 Å². The molecule has 0 saturated carbocycles. The van der Waals surface area contributed by atoms with Crippen LogP contribution in [0.5, 0.6) is 5.75 Å². The number of anilines is 2. The molecule has 3 rings (SSSR count). The van der Waals surface area contributed by atoms with Gasteiger partial charge in [-0.3, -0.25) is 14.8 Å². The molecule has 4 N–H and O–H groups in total. The van der Waals surface area contributed by atoms with E-state index in [1.54, 1.807) is 7.11 Å². The number of hydrogen-bond donors (Lipinski definition) is 4. The highest BCUT2D eigenvalue weighted by molar-refractivity contribution is 9.10. The number of rotatable bonds is 10. The molecule has 1 heterocycles. The lowest BCUT2D eigenvalue weighted by atomic mass is 10.0. The van der Waals surface area contributed by atoms with E-state index in [0.29, 0.717) is 36.8 Å². The van der Waals surface area contributed by atoms with E-state index in [9.17, 15) is 9.59 Å². The van der Waals surface area contributed by atoms with Crippen LogP contribution >= 0.6 is 15.9 Å². The fourth-order valence-electron chi connectivity index (χ4n) is 3.19. The molecular formula is C23H24BrN5O4. The maximum atomic E-state index is 12.5. The Morgan fingerprint density at radius 2 is 1.88 bits per heavy atom. The van der Waals surface area contributed by atoms with Gasteiger partial charge < -0.3 is 15.4 Å². The molecule has 0 radical (unpaired) electrons. The number of ether oxygens (including phenoxy) is 1. The first-order chi connectivity index (χ1) is 16.0. The lowest BCUT2D eigenvalue weighted by Gasteiger charge is -2.15. The Bertz CT molecular complexity index is 1110. The third-order valence-corrected chi connectivity index (χ3v) is 5.23. The standard InChI is InChI=1S/C23H24BrN5O4/c1-33-21-16(11-15-5-2-7-18(24)12-15)6-3-8-19(21)28-20(30)9-4-10-25-23-26-13-17(14-27-23)22(31)29-32/h2-3,5-8,12-14,32H,4,9-11H2,1H3,(H,28,30)(H,29,31)(H,25,26,27). The van der Waals surface area contributed by atoms with E-state index in [-0.39, 0.29) is 17.9 Å². The van der Waals surface area contributed by atoms with Gasteiger partial charge in [-0.2, -0.15) is 0 Å². The minimum Gasteiger partial charge on any atom is -0.494 e. The Labute approximate surface area is 199 Å². The number of hydroxylamine groups is 1. The van der Waals surface area contributed by atoms with Crippen LogP contribution in [0.1, 0.15) is 34.3 Å². The molecule has 0 unspecified atom stereocenters. The average molecular weight is 514 g/mol. The number of benzene rings is 2. The van der Waals surface area contributed by atoms with Gasteiger partial charge in [-0.05, 0) is 30.2 Å². The molecule has 0 aliphatic heterocycles. The predicted octanol–water partition coefficient (Wildman–Crippen LogP) is 3.79. The largest absolute Gasteiger partial charge is 0.494 e. The molecule has 33 heavy (non-hydrogen) atoms. The predicted molar refractivity (Wildman–Crippen MR) is 128 cm³/mol. The molecule has 1 aromatic heterocycles. The van der Waals surface area contributed by atoms with Crippen molar-refractivity contribution in [3.05, 3.63) is 76.0 Å². The fraction of sp³-hybridized carbons (Fsp3) is 0.217. The Balaban J connectivity index is 1.52. The Morgan fingerprint density at radius 3 is 2.58 bits per heavy atom. The minimum absolute atomic E-state index is 0.134. The summed E-state index contributed by atoms with van der Waals surface area (Å²) < 4.78 is 6.61. The van der Waals surface area contributed by atoms with Crippen LogP contribution in [0.2, 0.25) is 0 Å². The van der Waals surface area contributed by atoms with Crippen LogP contribution in [0.15, 0.2) is 59.3 Å². The SMILES string of the molecule is COc1c(Cc2cccc(Br)c2)cccc1NC(=O)CCCNc1ncc(C(=O)NO)cn1. The maximum Gasteiger partial charge on any atom is 0.277 e. The number of hydrogen-bond acceptors (Lipinski definition) is 7. The number of nitrogens with one attached hydrogen (secondary N) is 3. The highest BCUT2D eigenvalue weighted by atomic mass is 79.9. The van der Waals surface area contributed by atoms with Crippen molar-refractivity contribution in [1.82, 2.24) is 15.4 Å².